The van der Waals surface area contributed by atoms with Crippen molar-refractivity contribution in [1.29, 1.82) is 0 Å². The van der Waals surface area contributed by atoms with Gasteiger partial charge in [-0.1, -0.05) is 48.5 Å². The molecule has 1 unspecified atom stereocenters. The molecule has 1 saturated carbocycles. The van der Waals surface area contributed by atoms with Crippen LogP contribution in [0.25, 0.3) is 0 Å². The summed E-state index contributed by atoms with van der Waals surface area (Å²) in [6, 6.07) is 6.40. The van der Waals surface area contributed by atoms with Gasteiger partial charge in [-0.25, -0.2) is 0 Å². The van der Waals surface area contributed by atoms with Crippen molar-refractivity contribution in [2.75, 3.05) is 7.11 Å². The number of hydrogen-bond acceptors (Lipinski definition) is 2. The fourth-order valence-electron chi connectivity index (χ4n) is 3.57. The minimum absolute atomic E-state index is 0.260. The Bertz CT molecular complexity index is 441. The van der Waals surface area contributed by atoms with Gasteiger partial charge in [0.05, 0.1) is 7.11 Å². The van der Waals surface area contributed by atoms with Crippen LogP contribution in [0.3, 0.4) is 0 Å². The molecule has 1 aromatic rings. The molecule has 1 aromatic carbocycles. The standard InChI is InChI=1S/C18H28BrNO/c1-3-4-13-5-7-14(8-6-13)18(20)12-15-11-16(21-2)9-10-17(15)19/h9-11,13-14,18H,3-8,12,20H2,1-2H3. The lowest BCUT2D eigenvalue weighted by Gasteiger charge is -2.32. The third-order valence-corrected chi connectivity index (χ3v) is 5.68. The van der Waals surface area contributed by atoms with E-state index in [9.17, 15) is 0 Å². The third kappa shape index (κ3) is 4.72. The van der Waals surface area contributed by atoms with Crippen molar-refractivity contribution < 1.29 is 4.74 Å². The number of halogens is 1. The maximum Gasteiger partial charge on any atom is 0.119 e. The molecule has 0 radical (unpaired) electrons. The van der Waals surface area contributed by atoms with E-state index in [1.807, 2.05) is 6.07 Å². The second-order valence-corrected chi connectivity index (χ2v) is 7.25. The zero-order chi connectivity index (χ0) is 15.2. The van der Waals surface area contributed by atoms with Crippen molar-refractivity contribution in [3.63, 3.8) is 0 Å². The zero-order valence-corrected chi connectivity index (χ0v) is 14.9. The first-order valence-corrected chi connectivity index (χ1v) is 9.01. The van der Waals surface area contributed by atoms with Crippen LogP contribution in [0.15, 0.2) is 22.7 Å². The molecular weight excluding hydrogens is 326 g/mol. The molecule has 0 amide bonds. The molecule has 0 bridgehead atoms. The highest BCUT2D eigenvalue weighted by atomic mass is 79.9. The number of methoxy groups -OCH3 is 1. The average Bonchev–Trinajstić information content (AvgIpc) is 2.50. The molecular formula is C18H28BrNO. The van der Waals surface area contributed by atoms with Gasteiger partial charge in [0.2, 0.25) is 0 Å². The Balaban J connectivity index is 1.91. The Kier molecular flexibility index (Phi) is 6.56. The van der Waals surface area contributed by atoms with Gasteiger partial charge in [-0.3, -0.25) is 0 Å². The van der Waals surface area contributed by atoms with Gasteiger partial charge >= 0.3 is 0 Å². The predicted molar refractivity (Wildman–Crippen MR) is 92.7 cm³/mol. The van der Waals surface area contributed by atoms with Crippen molar-refractivity contribution in [2.24, 2.45) is 17.6 Å². The van der Waals surface area contributed by atoms with E-state index < -0.39 is 0 Å². The molecule has 0 saturated heterocycles. The van der Waals surface area contributed by atoms with Crippen LogP contribution in [0, 0.1) is 11.8 Å². The van der Waals surface area contributed by atoms with Crippen molar-refractivity contribution in [3.05, 3.63) is 28.2 Å². The van der Waals surface area contributed by atoms with E-state index in [0.717, 1.165) is 22.6 Å². The summed E-state index contributed by atoms with van der Waals surface area (Å²) in [6.45, 7) is 2.29. The maximum atomic E-state index is 6.50. The lowest BCUT2D eigenvalue weighted by Crippen LogP contribution is -2.35. The highest BCUT2D eigenvalue weighted by Crippen LogP contribution is 2.34. The second kappa shape index (κ2) is 8.19. The fraction of sp³-hybridized carbons (Fsp3) is 0.667. The van der Waals surface area contributed by atoms with Gasteiger partial charge in [0.15, 0.2) is 0 Å². The van der Waals surface area contributed by atoms with Crippen LogP contribution in [0.1, 0.15) is 51.0 Å². The van der Waals surface area contributed by atoms with Crippen LogP contribution in [0.5, 0.6) is 5.75 Å². The highest BCUT2D eigenvalue weighted by molar-refractivity contribution is 9.10. The number of benzene rings is 1. The molecule has 3 heteroatoms. The normalized spacial score (nSPS) is 23.8. The van der Waals surface area contributed by atoms with E-state index in [1.54, 1.807) is 7.11 Å². The number of nitrogens with two attached hydrogens (primary N) is 1. The summed E-state index contributed by atoms with van der Waals surface area (Å²) in [5, 5.41) is 0. The summed E-state index contributed by atoms with van der Waals surface area (Å²) in [6.07, 6.45) is 8.97. The molecule has 0 spiro atoms. The van der Waals surface area contributed by atoms with Gasteiger partial charge in [-0.15, -0.1) is 0 Å². The monoisotopic (exact) mass is 353 g/mol. The first-order chi connectivity index (χ1) is 10.1. The first-order valence-electron chi connectivity index (χ1n) is 8.22. The van der Waals surface area contributed by atoms with Gasteiger partial charge in [-0.05, 0) is 54.9 Å². The van der Waals surface area contributed by atoms with Crippen molar-refractivity contribution in [1.82, 2.24) is 0 Å². The molecule has 1 fully saturated rings. The Labute approximate surface area is 137 Å². The molecule has 1 atom stereocenters. The second-order valence-electron chi connectivity index (χ2n) is 6.39. The maximum absolute atomic E-state index is 6.50. The molecule has 21 heavy (non-hydrogen) atoms. The largest absolute Gasteiger partial charge is 0.497 e. The molecule has 0 heterocycles. The van der Waals surface area contributed by atoms with E-state index >= 15 is 0 Å². The molecule has 1 aliphatic rings. The van der Waals surface area contributed by atoms with E-state index in [1.165, 1.54) is 44.1 Å². The molecule has 0 aliphatic heterocycles. The summed E-state index contributed by atoms with van der Waals surface area (Å²) in [5.74, 6) is 2.53. The van der Waals surface area contributed by atoms with Crippen molar-refractivity contribution >= 4 is 15.9 Å². The van der Waals surface area contributed by atoms with Crippen molar-refractivity contribution in [2.45, 2.75) is 57.9 Å². The molecule has 1 aliphatic carbocycles. The quantitative estimate of drug-likeness (QED) is 0.786. The Morgan fingerprint density at radius 3 is 2.62 bits per heavy atom. The van der Waals surface area contributed by atoms with Gasteiger partial charge in [-0.2, -0.15) is 0 Å². The minimum atomic E-state index is 0.260. The van der Waals surface area contributed by atoms with Crippen LogP contribution in [-0.2, 0) is 6.42 Å². The summed E-state index contributed by atoms with van der Waals surface area (Å²) in [7, 11) is 1.71. The van der Waals surface area contributed by atoms with Crippen LogP contribution >= 0.6 is 15.9 Å². The Morgan fingerprint density at radius 1 is 1.29 bits per heavy atom. The highest BCUT2D eigenvalue weighted by Gasteiger charge is 2.25. The topological polar surface area (TPSA) is 35.2 Å². The molecule has 2 N–H and O–H groups in total. The molecule has 0 aromatic heterocycles. The zero-order valence-electron chi connectivity index (χ0n) is 13.3. The molecule has 2 rings (SSSR count). The summed E-state index contributed by atoms with van der Waals surface area (Å²) in [5.41, 5.74) is 7.76. The number of rotatable bonds is 6. The van der Waals surface area contributed by atoms with E-state index in [-0.39, 0.29) is 6.04 Å². The lowest BCUT2D eigenvalue weighted by atomic mass is 9.76. The number of hydrogen-bond donors (Lipinski definition) is 1. The lowest BCUT2D eigenvalue weighted by molar-refractivity contribution is 0.232. The first kappa shape index (κ1) is 16.8. The van der Waals surface area contributed by atoms with Gasteiger partial charge in [0, 0.05) is 10.5 Å². The van der Waals surface area contributed by atoms with Gasteiger partial charge in [0.1, 0.15) is 5.75 Å². The van der Waals surface area contributed by atoms with Crippen molar-refractivity contribution in [3.8, 4) is 5.75 Å². The van der Waals surface area contributed by atoms with E-state index in [4.69, 9.17) is 10.5 Å². The summed E-state index contributed by atoms with van der Waals surface area (Å²) < 4.78 is 6.45. The van der Waals surface area contributed by atoms with Crippen LogP contribution in [0.2, 0.25) is 0 Å². The van der Waals surface area contributed by atoms with E-state index in [0.29, 0.717) is 5.92 Å². The fourth-order valence-corrected chi connectivity index (χ4v) is 3.98. The average molecular weight is 354 g/mol. The molecule has 118 valence electrons. The Morgan fingerprint density at radius 2 is 2.00 bits per heavy atom. The van der Waals surface area contributed by atoms with E-state index in [2.05, 4.69) is 35.0 Å². The van der Waals surface area contributed by atoms with Crippen LogP contribution in [0.4, 0.5) is 0 Å². The summed E-state index contributed by atoms with van der Waals surface area (Å²) in [4.78, 5) is 0. The Hall–Kier alpha value is -0.540. The third-order valence-electron chi connectivity index (χ3n) is 4.90. The smallest absolute Gasteiger partial charge is 0.119 e. The van der Waals surface area contributed by atoms with Crippen LogP contribution in [-0.4, -0.2) is 13.2 Å². The van der Waals surface area contributed by atoms with Gasteiger partial charge in [0.25, 0.3) is 0 Å². The molecule has 2 nitrogen and oxygen atoms in total. The minimum Gasteiger partial charge on any atom is -0.497 e. The van der Waals surface area contributed by atoms with Crippen LogP contribution < -0.4 is 10.5 Å². The SMILES string of the molecule is CCCC1CCC(C(N)Cc2cc(OC)ccc2Br)CC1. The number of ether oxygens (including phenoxy) is 1. The van der Waals surface area contributed by atoms with Gasteiger partial charge < -0.3 is 10.5 Å². The predicted octanol–water partition coefficient (Wildman–Crippen LogP) is 4.93. The summed E-state index contributed by atoms with van der Waals surface area (Å²) >= 11 is 3.63.